The van der Waals surface area contributed by atoms with Gasteiger partial charge < -0.3 is 14.7 Å². The van der Waals surface area contributed by atoms with Crippen molar-refractivity contribution in [3.63, 3.8) is 0 Å². The van der Waals surface area contributed by atoms with Gasteiger partial charge in [0, 0.05) is 12.1 Å². The van der Waals surface area contributed by atoms with Gasteiger partial charge in [0.25, 0.3) is 0 Å². The van der Waals surface area contributed by atoms with Gasteiger partial charge in [-0.15, -0.1) is 0 Å². The molecule has 1 aromatic rings. The molecule has 0 radical (unpaired) electrons. The van der Waals surface area contributed by atoms with Crippen molar-refractivity contribution in [2.75, 3.05) is 14.2 Å². The van der Waals surface area contributed by atoms with Crippen LogP contribution in [0.4, 0.5) is 0 Å². The first kappa shape index (κ1) is 10.8. The molecule has 0 bridgehead atoms. The van der Waals surface area contributed by atoms with Gasteiger partial charge in [-0.25, -0.2) is 0 Å². The molecule has 0 fully saturated rings. The van der Waals surface area contributed by atoms with Gasteiger partial charge in [0.1, 0.15) is 0 Å². The number of aromatic hydroxyl groups is 1. The van der Waals surface area contributed by atoms with E-state index in [4.69, 9.17) is 9.57 Å². The molecule has 0 amide bonds. The van der Waals surface area contributed by atoms with E-state index >= 15 is 0 Å². The predicted molar refractivity (Wildman–Crippen MR) is 53.2 cm³/mol. The Morgan fingerprint density at radius 3 is 2.64 bits per heavy atom. The summed E-state index contributed by atoms with van der Waals surface area (Å²) >= 11 is 0. The Bertz CT molecular complexity index is 312. The molecule has 1 aromatic carbocycles. The minimum atomic E-state index is 0.155. The van der Waals surface area contributed by atoms with Crippen molar-refractivity contribution in [3.8, 4) is 11.5 Å². The van der Waals surface area contributed by atoms with Crippen molar-refractivity contribution in [1.29, 1.82) is 0 Å². The standard InChI is InChI=1S/C10H15NO3/c1-7-4-8(6-11-14-3)10(12)9(5-7)13-2/h4-5,11-12H,6H2,1-3H3. The highest BCUT2D eigenvalue weighted by Gasteiger charge is 2.08. The molecule has 2 N–H and O–H groups in total. The Labute approximate surface area is 83.4 Å². The van der Waals surface area contributed by atoms with E-state index in [1.54, 1.807) is 6.07 Å². The summed E-state index contributed by atoms with van der Waals surface area (Å²) in [5.41, 5.74) is 4.46. The number of nitrogens with one attached hydrogen (secondary N) is 1. The maximum Gasteiger partial charge on any atom is 0.162 e. The second-order valence-corrected chi connectivity index (χ2v) is 3.00. The van der Waals surface area contributed by atoms with Crippen molar-refractivity contribution >= 4 is 0 Å². The Hall–Kier alpha value is -1.26. The van der Waals surface area contributed by atoms with Crippen molar-refractivity contribution in [2.45, 2.75) is 13.5 Å². The highest BCUT2D eigenvalue weighted by atomic mass is 16.6. The van der Waals surface area contributed by atoms with Gasteiger partial charge in [-0.05, 0) is 18.6 Å². The lowest BCUT2D eigenvalue weighted by molar-refractivity contribution is 0.0860. The SMILES string of the molecule is CONCc1cc(C)cc(OC)c1O. The normalized spacial score (nSPS) is 10.2. The third kappa shape index (κ3) is 2.37. The highest BCUT2D eigenvalue weighted by Crippen LogP contribution is 2.30. The fourth-order valence-electron chi connectivity index (χ4n) is 1.26. The first-order valence-corrected chi connectivity index (χ1v) is 4.31. The van der Waals surface area contributed by atoms with E-state index in [9.17, 15) is 5.11 Å². The first-order valence-electron chi connectivity index (χ1n) is 4.31. The Morgan fingerprint density at radius 2 is 2.07 bits per heavy atom. The summed E-state index contributed by atoms with van der Waals surface area (Å²) in [7, 11) is 3.06. The summed E-state index contributed by atoms with van der Waals surface area (Å²) in [5, 5.41) is 9.72. The summed E-state index contributed by atoms with van der Waals surface area (Å²) in [6, 6.07) is 3.66. The number of aryl methyl sites for hydroxylation is 1. The molecule has 0 saturated heterocycles. The van der Waals surface area contributed by atoms with E-state index in [1.807, 2.05) is 13.0 Å². The maximum absolute atomic E-state index is 9.72. The molecule has 0 saturated carbocycles. The number of hydroxylamine groups is 1. The molecule has 1 rings (SSSR count). The average molecular weight is 197 g/mol. The van der Waals surface area contributed by atoms with E-state index < -0.39 is 0 Å². The van der Waals surface area contributed by atoms with Gasteiger partial charge in [-0.2, -0.15) is 5.48 Å². The summed E-state index contributed by atoms with van der Waals surface area (Å²) in [6.45, 7) is 2.39. The number of rotatable bonds is 4. The second-order valence-electron chi connectivity index (χ2n) is 3.00. The first-order chi connectivity index (χ1) is 6.69. The van der Waals surface area contributed by atoms with Crippen molar-refractivity contribution in [2.24, 2.45) is 0 Å². The molecule has 78 valence electrons. The average Bonchev–Trinajstić information content (AvgIpc) is 2.18. The van der Waals surface area contributed by atoms with Gasteiger partial charge >= 0.3 is 0 Å². The molecule has 0 aliphatic rings. The zero-order valence-electron chi connectivity index (χ0n) is 8.63. The number of methoxy groups -OCH3 is 1. The zero-order chi connectivity index (χ0) is 10.6. The number of phenolic OH excluding ortho intramolecular Hbond substituents is 1. The van der Waals surface area contributed by atoms with Crippen LogP contribution in [0.25, 0.3) is 0 Å². The van der Waals surface area contributed by atoms with Crippen LogP contribution in [0.5, 0.6) is 11.5 Å². The van der Waals surface area contributed by atoms with Crippen LogP contribution in [0.3, 0.4) is 0 Å². The van der Waals surface area contributed by atoms with Gasteiger partial charge in [0.05, 0.1) is 14.2 Å². The van der Waals surface area contributed by atoms with E-state index in [-0.39, 0.29) is 5.75 Å². The molecule has 0 heterocycles. The second kappa shape index (κ2) is 4.83. The molecule has 0 aliphatic heterocycles. The molecule has 0 spiro atoms. The fourth-order valence-corrected chi connectivity index (χ4v) is 1.26. The molecule has 14 heavy (non-hydrogen) atoms. The number of hydrogen-bond donors (Lipinski definition) is 2. The van der Waals surface area contributed by atoms with E-state index in [0.717, 1.165) is 11.1 Å². The third-order valence-electron chi connectivity index (χ3n) is 1.93. The monoisotopic (exact) mass is 197 g/mol. The quantitative estimate of drug-likeness (QED) is 0.715. The number of ether oxygens (including phenoxy) is 1. The molecule has 0 atom stereocenters. The van der Waals surface area contributed by atoms with Crippen LogP contribution in [-0.4, -0.2) is 19.3 Å². The van der Waals surface area contributed by atoms with Crippen LogP contribution in [0.15, 0.2) is 12.1 Å². The molecular weight excluding hydrogens is 182 g/mol. The van der Waals surface area contributed by atoms with Crippen LogP contribution >= 0.6 is 0 Å². The topological polar surface area (TPSA) is 50.7 Å². The van der Waals surface area contributed by atoms with Gasteiger partial charge in [-0.3, -0.25) is 0 Å². The third-order valence-corrected chi connectivity index (χ3v) is 1.93. The van der Waals surface area contributed by atoms with Crippen molar-refractivity contribution < 1.29 is 14.7 Å². The van der Waals surface area contributed by atoms with Crippen molar-refractivity contribution in [1.82, 2.24) is 5.48 Å². The smallest absolute Gasteiger partial charge is 0.162 e. The van der Waals surface area contributed by atoms with Gasteiger partial charge in [0.15, 0.2) is 11.5 Å². The maximum atomic E-state index is 9.72. The minimum Gasteiger partial charge on any atom is -0.504 e. The molecule has 0 unspecified atom stereocenters. The van der Waals surface area contributed by atoms with Crippen LogP contribution in [0, 0.1) is 6.92 Å². The summed E-state index contributed by atoms with van der Waals surface area (Å²) in [4.78, 5) is 4.71. The lowest BCUT2D eigenvalue weighted by Crippen LogP contribution is -2.11. The van der Waals surface area contributed by atoms with Gasteiger partial charge in [0.2, 0.25) is 0 Å². The largest absolute Gasteiger partial charge is 0.504 e. The van der Waals surface area contributed by atoms with E-state index in [1.165, 1.54) is 14.2 Å². The number of phenols is 1. The molecular formula is C10H15NO3. The Kier molecular flexibility index (Phi) is 3.73. The fraction of sp³-hybridized carbons (Fsp3) is 0.400. The van der Waals surface area contributed by atoms with Crippen LogP contribution < -0.4 is 10.2 Å². The summed E-state index contributed by atoms with van der Waals surface area (Å²) in [6.07, 6.45) is 0. The van der Waals surface area contributed by atoms with Gasteiger partial charge in [-0.1, -0.05) is 6.07 Å². The van der Waals surface area contributed by atoms with E-state index in [0.29, 0.717) is 12.3 Å². The zero-order valence-corrected chi connectivity index (χ0v) is 8.63. The lowest BCUT2D eigenvalue weighted by Gasteiger charge is -2.10. The molecule has 0 aromatic heterocycles. The molecule has 4 heteroatoms. The van der Waals surface area contributed by atoms with Crippen molar-refractivity contribution in [3.05, 3.63) is 23.3 Å². The molecule has 4 nitrogen and oxygen atoms in total. The number of benzene rings is 1. The van der Waals surface area contributed by atoms with Crippen LogP contribution in [0.1, 0.15) is 11.1 Å². The summed E-state index contributed by atoms with van der Waals surface area (Å²) < 4.78 is 5.03. The van der Waals surface area contributed by atoms with E-state index in [2.05, 4.69) is 5.48 Å². The lowest BCUT2D eigenvalue weighted by atomic mass is 10.1. The Balaban J connectivity index is 2.96. The summed E-state index contributed by atoms with van der Waals surface area (Å²) in [5.74, 6) is 0.639. The van der Waals surface area contributed by atoms with Crippen LogP contribution in [-0.2, 0) is 11.4 Å². The highest BCUT2D eigenvalue weighted by molar-refractivity contribution is 5.48. The molecule has 0 aliphatic carbocycles. The predicted octanol–water partition coefficient (Wildman–Crippen LogP) is 1.36. The minimum absolute atomic E-state index is 0.155. The van der Waals surface area contributed by atoms with Crippen LogP contribution in [0.2, 0.25) is 0 Å². The number of hydrogen-bond acceptors (Lipinski definition) is 4. The Morgan fingerprint density at radius 1 is 1.36 bits per heavy atom.